The van der Waals surface area contributed by atoms with Crippen LogP contribution in [0.5, 0.6) is 11.5 Å². The molecule has 0 bridgehead atoms. The maximum atomic E-state index is 13.3. The van der Waals surface area contributed by atoms with Crippen LogP contribution in [0.15, 0.2) is 35.7 Å². The van der Waals surface area contributed by atoms with E-state index in [2.05, 4.69) is 25.3 Å². The predicted octanol–water partition coefficient (Wildman–Crippen LogP) is 4.16. The summed E-state index contributed by atoms with van der Waals surface area (Å²) in [4.78, 5) is 30.3. The normalized spacial score (nSPS) is 16.4. The lowest BCUT2D eigenvalue weighted by Gasteiger charge is -2.37. The van der Waals surface area contributed by atoms with Crippen LogP contribution in [-0.4, -0.2) is 55.0 Å². The molecule has 0 spiro atoms. The SMILES string of the molecule is CC[C@@H](C)CN(CC(=O)N1CCc2sccc2[C@@H]1COc1ccccc1OC)C(C)=O. The van der Waals surface area contributed by atoms with Crippen molar-refractivity contribution in [3.63, 3.8) is 0 Å². The molecule has 31 heavy (non-hydrogen) atoms. The zero-order valence-corrected chi connectivity index (χ0v) is 19.6. The molecule has 7 heteroatoms. The Morgan fingerprint density at radius 3 is 2.68 bits per heavy atom. The van der Waals surface area contributed by atoms with Gasteiger partial charge < -0.3 is 19.3 Å². The molecule has 0 fully saturated rings. The van der Waals surface area contributed by atoms with Gasteiger partial charge in [0.25, 0.3) is 0 Å². The Bertz CT molecular complexity index is 897. The fourth-order valence-corrected chi connectivity index (χ4v) is 4.77. The topological polar surface area (TPSA) is 59.1 Å². The van der Waals surface area contributed by atoms with Crippen LogP contribution in [-0.2, 0) is 16.0 Å². The minimum Gasteiger partial charge on any atom is -0.493 e. The standard InChI is InChI=1S/C24H32N2O4S/c1-5-17(2)14-25(18(3)27)15-24(28)26-12-10-23-19(11-13-31-23)20(26)16-30-22-9-7-6-8-21(22)29-4/h6-9,11,13,17,20H,5,10,12,14-16H2,1-4H3/t17-,20+/m1/s1. The second kappa shape index (κ2) is 10.7. The second-order valence-electron chi connectivity index (χ2n) is 8.03. The van der Waals surface area contributed by atoms with E-state index < -0.39 is 0 Å². The minimum absolute atomic E-state index is 0.0380. The second-order valence-corrected chi connectivity index (χ2v) is 9.03. The summed E-state index contributed by atoms with van der Waals surface area (Å²) in [5, 5.41) is 2.07. The Labute approximate surface area is 188 Å². The molecule has 2 atom stereocenters. The van der Waals surface area contributed by atoms with Crippen LogP contribution < -0.4 is 9.47 Å². The fraction of sp³-hybridized carbons (Fsp3) is 0.500. The maximum Gasteiger partial charge on any atom is 0.242 e. The summed E-state index contributed by atoms with van der Waals surface area (Å²) in [6.45, 7) is 7.39. The van der Waals surface area contributed by atoms with E-state index in [-0.39, 0.29) is 24.4 Å². The minimum atomic E-state index is -0.190. The van der Waals surface area contributed by atoms with Gasteiger partial charge in [-0.1, -0.05) is 32.4 Å². The van der Waals surface area contributed by atoms with Crippen molar-refractivity contribution in [2.45, 2.75) is 39.7 Å². The molecular formula is C24H32N2O4S. The van der Waals surface area contributed by atoms with E-state index in [1.54, 1.807) is 23.3 Å². The average molecular weight is 445 g/mol. The van der Waals surface area contributed by atoms with Crippen LogP contribution >= 0.6 is 11.3 Å². The monoisotopic (exact) mass is 444 g/mol. The van der Waals surface area contributed by atoms with E-state index >= 15 is 0 Å². The van der Waals surface area contributed by atoms with Crippen molar-refractivity contribution < 1.29 is 19.1 Å². The highest BCUT2D eigenvalue weighted by molar-refractivity contribution is 7.10. The fourth-order valence-electron chi connectivity index (χ4n) is 3.85. The Balaban J connectivity index is 1.77. The molecule has 1 aromatic heterocycles. The van der Waals surface area contributed by atoms with E-state index in [0.717, 1.165) is 18.4 Å². The van der Waals surface area contributed by atoms with E-state index in [9.17, 15) is 9.59 Å². The number of methoxy groups -OCH3 is 1. The third-order valence-corrected chi connectivity index (χ3v) is 6.88. The van der Waals surface area contributed by atoms with E-state index in [4.69, 9.17) is 9.47 Å². The lowest BCUT2D eigenvalue weighted by Crippen LogP contribution is -2.48. The zero-order valence-electron chi connectivity index (χ0n) is 18.8. The maximum absolute atomic E-state index is 13.3. The number of hydrogen-bond donors (Lipinski definition) is 0. The number of carbonyl (C=O) groups excluding carboxylic acids is 2. The average Bonchev–Trinajstić information content (AvgIpc) is 3.25. The first kappa shape index (κ1) is 23.1. The molecule has 0 radical (unpaired) electrons. The van der Waals surface area contributed by atoms with Crippen molar-refractivity contribution in [2.24, 2.45) is 5.92 Å². The highest BCUT2D eigenvalue weighted by atomic mass is 32.1. The Morgan fingerprint density at radius 2 is 2.00 bits per heavy atom. The number of fused-ring (bicyclic) bond motifs is 1. The molecule has 0 saturated carbocycles. The summed E-state index contributed by atoms with van der Waals surface area (Å²) in [7, 11) is 1.61. The van der Waals surface area contributed by atoms with Crippen molar-refractivity contribution in [2.75, 3.05) is 33.4 Å². The van der Waals surface area contributed by atoms with Gasteiger partial charge in [-0.15, -0.1) is 11.3 Å². The third-order valence-electron chi connectivity index (χ3n) is 5.88. The van der Waals surface area contributed by atoms with Crippen molar-refractivity contribution in [1.82, 2.24) is 9.80 Å². The van der Waals surface area contributed by atoms with Gasteiger partial charge in [0, 0.05) is 24.9 Å². The van der Waals surface area contributed by atoms with E-state index in [1.165, 1.54) is 11.8 Å². The molecule has 168 valence electrons. The molecule has 2 heterocycles. The number of ether oxygens (including phenoxy) is 2. The third kappa shape index (κ3) is 5.58. The highest BCUT2D eigenvalue weighted by Gasteiger charge is 2.33. The van der Waals surface area contributed by atoms with Gasteiger partial charge in [-0.25, -0.2) is 0 Å². The first-order valence-corrected chi connectivity index (χ1v) is 11.7. The van der Waals surface area contributed by atoms with Crippen molar-refractivity contribution >= 4 is 23.2 Å². The van der Waals surface area contributed by atoms with Crippen molar-refractivity contribution in [3.8, 4) is 11.5 Å². The lowest BCUT2D eigenvalue weighted by atomic mass is 10.00. The van der Waals surface area contributed by atoms with Crippen molar-refractivity contribution in [3.05, 3.63) is 46.2 Å². The van der Waals surface area contributed by atoms with Crippen LogP contribution in [0, 0.1) is 5.92 Å². The molecule has 0 aliphatic carbocycles. The Morgan fingerprint density at radius 1 is 1.26 bits per heavy atom. The number of amides is 2. The summed E-state index contributed by atoms with van der Waals surface area (Å²) >= 11 is 1.72. The van der Waals surface area contributed by atoms with Gasteiger partial charge in [-0.2, -0.15) is 0 Å². The van der Waals surface area contributed by atoms with Gasteiger partial charge in [0.05, 0.1) is 19.7 Å². The molecule has 1 aliphatic heterocycles. The first-order valence-electron chi connectivity index (χ1n) is 10.8. The number of nitrogens with zero attached hydrogens (tertiary/aromatic N) is 2. The lowest BCUT2D eigenvalue weighted by molar-refractivity contribution is -0.142. The molecule has 0 saturated heterocycles. The van der Waals surface area contributed by atoms with Gasteiger partial charge in [0.1, 0.15) is 6.61 Å². The van der Waals surface area contributed by atoms with Gasteiger partial charge in [-0.3, -0.25) is 9.59 Å². The molecule has 1 aromatic carbocycles. The van der Waals surface area contributed by atoms with Crippen LogP contribution in [0.4, 0.5) is 0 Å². The summed E-state index contributed by atoms with van der Waals surface area (Å²) in [6.07, 6.45) is 1.80. The van der Waals surface area contributed by atoms with Gasteiger partial charge >= 0.3 is 0 Å². The van der Waals surface area contributed by atoms with Crippen LogP contribution in [0.3, 0.4) is 0 Å². The number of hydrogen-bond acceptors (Lipinski definition) is 5. The predicted molar refractivity (Wildman–Crippen MR) is 123 cm³/mol. The summed E-state index contributed by atoms with van der Waals surface area (Å²) in [5.74, 6) is 1.57. The number of benzene rings is 1. The molecule has 3 rings (SSSR count). The molecule has 0 unspecified atom stereocenters. The quantitative estimate of drug-likeness (QED) is 0.583. The van der Waals surface area contributed by atoms with E-state index in [0.29, 0.717) is 37.1 Å². The summed E-state index contributed by atoms with van der Waals surface area (Å²) in [6, 6.07) is 9.41. The summed E-state index contributed by atoms with van der Waals surface area (Å²) in [5.41, 5.74) is 1.13. The Kier molecular flexibility index (Phi) is 7.96. The van der Waals surface area contributed by atoms with E-state index in [1.807, 2.05) is 29.2 Å². The van der Waals surface area contributed by atoms with Crippen LogP contribution in [0.1, 0.15) is 43.7 Å². The molecule has 1 aliphatic rings. The van der Waals surface area contributed by atoms with Gasteiger partial charge in [-0.05, 0) is 41.5 Å². The van der Waals surface area contributed by atoms with Gasteiger partial charge in [0.2, 0.25) is 11.8 Å². The largest absolute Gasteiger partial charge is 0.493 e. The first-order chi connectivity index (χ1) is 14.9. The zero-order chi connectivity index (χ0) is 22.4. The van der Waals surface area contributed by atoms with Crippen LogP contribution in [0.2, 0.25) is 0 Å². The van der Waals surface area contributed by atoms with Gasteiger partial charge in [0.15, 0.2) is 11.5 Å². The molecule has 2 aromatic rings. The summed E-state index contributed by atoms with van der Waals surface area (Å²) < 4.78 is 11.5. The number of para-hydroxylation sites is 2. The highest BCUT2D eigenvalue weighted by Crippen LogP contribution is 2.35. The Hall–Kier alpha value is -2.54. The van der Waals surface area contributed by atoms with Crippen LogP contribution in [0.25, 0.3) is 0 Å². The molecule has 0 N–H and O–H groups in total. The number of thiophene rings is 1. The smallest absolute Gasteiger partial charge is 0.242 e. The molecule has 2 amide bonds. The number of rotatable bonds is 9. The molecular weight excluding hydrogens is 412 g/mol. The number of carbonyl (C=O) groups is 2. The molecule has 6 nitrogen and oxygen atoms in total. The van der Waals surface area contributed by atoms with Crippen molar-refractivity contribution in [1.29, 1.82) is 0 Å².